The van der Waals surface area contributed by atoms with Crippen LogP contribution in [-0.2, 0) is 0 Å². The fourth-order valence-electron chi connectivity index (χ4n) is 8.34. The van der Waals surface area contributed by atoms with E-state index in [1.807, 2.05) is 12.3 Å². The van der Waals surface area contributed by atoms with Gasteiger partial charge in [0.15, 0.2) is 0 Å². The fourth-order valence-corrected chi connectivity index (χ4v) is 8.34. The third-order valence-corrected chi connectivity index (χ3v) is 10.5. The zero-order chi connectivity index (χ0) is 33.5. The fraction of sp³-hybridized carbons (Fsp3) is 0. The van der Waals surface area contributed by atoms with E-state index in [1.54, 1.807) is 0 Å². The van der Waals surface area contributed by atoms with Crippen molar-refractivity contribution in [3.05, 3.63) is 182 Å². The van der Waals surface area contributed by atoms with Crippen LogP contribution in [0.3, 0.4) is 0 Å². The van der Waals surface area contributed by atoms with Crippen molar-refractivity contribution in [1.29, 1.82) is 0 Å². The Labute approximate surface area is 293 Å². The number of hydrogen-bond acceptors (Lipinski definition) is 1. The molecule has 0 saturated carbocycles. The quantitative estimate of drug-likeness (QED) is 0.186. The Balaban J connectivity index is 1.21. The third kappa shape index (κ3) is 4.05. The maximum Gasteiger partial charge on any atom is 0.145 e. The monoisotopic (exact) mass is 650 g/mol. The van der Waals surface area contributed by atoms with Gasteiger partial charge in [0.1, 0.15) is 5.65 Å². The number of para-hydroxylation sites is 4. The molecule has 0 saturated heterocycles. The van der Waals surface area contributed by atoms with Crippen molar-refractivity contribution in [2.45, 2.75) is 0 Å². The van der Waals surface area contributed by atoms with Gasteiger partial charge in [-0.25, -0.2) is 4.98 Å². The van der Waals surface area contributed by atoms with Gasteiger partial charge in [0.2, 0.25) is 0 Å². The topological polar surface area (TPSA) is 27.7 Å². The largest absolute Gasteiger partial charge is 0.309 e. The van der Waals surface area contributed by atoms with Crippen LogP contribution >= 0.6 is 0 Å². The highest BCUT2D eigenvalue weighted by Crippen LogP contribution is 2.42. The summed E-state index contributed by atoms with van der Waals surface area (Å²) >= 11 is 0. The van der Waals surface area contributed by atoms with Gasteiger partial charge in [-0.3, -0.25) is 4.57 Å². The van der Waals surface area contributed by atoms with Crippen LogP contribution in [0.5, 0.6) is 0 Å². The maximum absolute atomic E-state index is 4.88. The van der Waals surface area contributed by atoms with E-state index in [9.17, 15) is 0 Å². The van der Waals surface area contributed by atoms with Gasteiger partial charge in [-0.15, -0.1) is 0 Å². The molecule has 0 atom stereocenters. The number of pyridine rings is 1. The second-order valence-electron chi connectivity index (χ2n) is 13.2. The minimum absolute atomic E-state index is 0.961. The summed E-state index contributed by atoms with van der Waals surface area (Å²) in [5.41, 5.74) is 12.6. The summed E-state index contributed by atoms with van der Waals surface area (Å²) in [6.07, 6.45) is 1.89. The molecule has 0 unspecified atom stereocenters. The van der Waals surface area contributed by atoms with Crippen LogP contribution < -0.4 is 0 Å². The van der Waals surface area contributed by atoms with Gasteiger partial charge in [-0.2, -0.15) is 0 Å². The van der Waals surface area contributed by atoms with Gasteiger partial charge in [-0.05, 0) is 83.9 Å². The molecule has 0 amide bonds. The molecule has 0 bridgehead atoms. The first kappa shape index (κ1) is 28.0. The van der Waals surface area contributed by atoms with Crippen molar-refractivity contribution < 1.29 is 0 Å². The number of rotatable bonds is 4. The molecule has 0 fully saturated rings. The van der Waals surface area contributed by atoms with E-state index < -0.39 is 0 Å². The number of aromatic nitrogens is 4. The molecule has 51 heavy (non-hydrogen) atoms. The lowest BCUT2D eigenvalue weighted by Crippen LogP contribution is -1.97. The molecular weight excluding hydrogens is 621 g/mol. The third-order valence-electron chi connectivity index (χ3n) is 10.5. The molecule has 0 aliphatic heterocycles. The first-order chi connectivity index (χ1) is 25.3. The molecule has 0 radical (unpaired) electrons. The normalized spacial score (nSPS) is 11.9. The summed E-state index contributed by atoms with van der Waals surface area (Å²) < 4.78 is 7.11. The predicted molar refractivity (Wildman–Crippen MR) is 213 cm³/mol. The zero-order valence-electron chi connectivity index (χ0n) is 27.6. The van der Waals surface area contributed by atoms with E-state index in [-0.39, 0.29) is 0 Å². The summed E-state index contributed by atoms with van der Waals surface area (Å²) in [6.45, 7) is 0. The molecule has 4 aromatic heterocycles. The van der Waals surface area contributed by atoms with Crippen LogP contribution in [-0.4, -0.2) is 18.7 Å². The summed E-state index contributed by atoms with van der Waals surface area (Å²) in [5.74, 6) is 0. The highest BCUT2D eigenvalue weighted by Gasteiger charge is 2.20. The molecule has 4 nitrogen and oxygen atoms in total. The Morgan fingerprint density at radius 2 is 0.902 bits per heavy atom. The van der Waals surface area contributed by atoms with E-state index in [4.69, 9.17) is 4.98 Å². The Morgan fingerprint density at radius 3 is 1.67 bits per heavy atom. The van der Waals surface area contributed by atoms with Crippen LogP contribution in [0.4, 0.5) is 0 Å². The molecule has 0 aliphatic rings. The summed E-state index contributed by atoms with van der Waals surface area (Å²) in [5, 5.41) is 7.32. The van der Waals surface area contributed by atoms with Gasteiger partial charge < -0.3 is 9.13 Å². The van der Waals surface area contributed by atoms with E-state index in [1.165, 1.54) is 54.6 Å². The van der Waals surface area contributed by atoms with Crippen molar-refractivity contribution in [2.24, 2.45) is 0 Å². The summed E-state index contributed by atoms with van der Waals surface area (Å²) in [6, 6.07) is 63.5. The highest BCUT2D eigenvalue weighted by molar-refractivity contribution is 6.18. The predicted octanol–water partition coefficient (Wildman–Crippen LogP) is 12.0. The van der Waals surface area contributed by atoms with E-state index in [0.717, 1.165) is 39.1 Å². The van der Waals surface area contributed by atoms with Gasteiger partial charge in [0, 0.05) is 55.6 Å². The minimum atomic E-state index is 0.961. The molecule has 11 rings (SSSR count). The zero-order valence-corrected chi connectivity index (χ0v) is 27.6. The second kappa shape index (κ2) is 10.8. The van der Waals surface area contributed by atoms with Crippen LogP contribution in [0.2, 0.25) is 0 Å². The van der Waals surface area contributed by atoms with Gasteiger partial charge in [-0.1, -0.05) is 103 Å². The average molecular weight is 651 g/mol. The maximum atomic E-state index is 4.88. The Morgan fingerprint density at radius 1 is 0.333 bits per heavy atom. The van der Waals surface area contributed by atoms with Crippen molar-refractivity contribution in [1.82, 2.24) is 18.7 Å². The molecule has 11 aromatic rings. The summed E-state index contributed by atoms with van der Waals surface area (Å²) in [7, 11) is 0. The van der Waals surface area contributed by atoms with Crippen LogP contribution in [0.15, 0.2) is 182 Å². The highest BCUT2D eigenvalue weighted by atomic mass is 15.1. The van der Waals surface area contributed by atoms with E-state index >= 15 is 0 Å². The smallest absolute Gasteiger partial charge is 0.145 e. The average Bonchev–Trinajstić information content (AvgIpc) is 3.83. The number of nitrogens with zero attached hydrogens (tertiary/aromatic N) is 4. The van der Waals surface area contributed by atoms with Gasteiger partial charge in [0.25, 0.3) is 0 Å². The van der Waals surface area contributed by atoms with Crippen LogP contribution in [0, 0.1) is 0 Å². The second-order valence-corrected chi connectivity index (χ2v) is 13.2. The number of benzene rings is 7. The molecule has 0 N–H and O–H groups in total. The molecule has 4 heteroatoms. The van der Waals surface area contributed by atoms with Gasteiger partial charge >= 0.3 is 0 Å². The van der Waals surface area contributed by atoms with Crippen molar-refractivity contribution in [3.63, 3.8) is 0 Å². The number of fused-ring (bicyclic) bond motifs is 9. The molecule has 4 heterocycles. The van der Waals surface area contributed by atoms with Crippen LogP contribution in [0.25, 0.3) is 93.7 Å². The Kier molecular flexibility index (Phi) is 5.92. The first-order valence-corrected chi connectivity index (χ1v) is 17.4. The first-order valence-electron chi connectivity index (χ1n) is 17.4. The molecular formula is C47H30N4. The lowest BCUT2D eigenvalue weighted by molar-refractivity contribution is 1.13. The minimum Gasteiger partial charge on any atom is -0.309 e. The lowest BCUT2D eigenvalue weighted by Gasteiger charge is -2.11. The molecule has 0 aliphatic carbocycles. The van der Waals surface area contributed by atoms with Crippen molar-refractivity contribution in [3.8, 4) is 28.2 Å². The lowest BCUT2D eigenvalue weighted by atomic mass is 9.98. The molecule has 0 spiro atoms. The van der Waals surface area contributed by atoms with E-state index in [2.05, 4.69) is 184 Å². The SMILES string of the molecule is c1ccc(-n2c3ccccc3c3ccc(-c4cccc5c4c4ccc(-n6c7ccccc7c7cccnc76)cc4n5-c4ccccc4)cc32)cc1. The van der Waals surface area contributed by atoms with Gasteiger partial charge in [0.05, 0.1) is 27.6 Å². The van der Waals surface area contributed by atoms with Crippen molar-refractivity contribution >= 4 is 65.5 Å². The summed E-state index contributed by atoms with van der Waals surface area (Å²) in [4.78, 5) is 4.88. The van der Waals surface area contributed by atoms with E-state index in [0.29, 0.717) is 0 Å². The Bertz CT molecular complexity index is 3070. The number of hydrogen-bond donors (Lipinski definition) is 0. The standard InChI is InChI=1S/C47H30N4/c1-3-13-32(14-4-1)49-41-21-9-7-17-36(41)38-26-24-31(29-44(38)49)35-19-11-23-43-46(35)40-27-25-34(30-45(40)50(43)33-15-5-2-6-16-33)51-42-22-10-8-18-37(42)39-20-12-28-48-47(39)51/h1-30H. The van der Waals surface area contributed by atoms with Crippen molar-refractivity contribution in [2.75, 3.05) is 0 Å². The Hall–Kier alpha value is -6.91. The molecule has 7 aromatic carbocycles. The molecule has 238 valence electrons. The van der Waals surface area contributed by atoms with Crippen LogP contribution in [0.1, 0.15) is 0 Å².